The fourth-order valence-corrected chi connectivity index (χ4v) is 15.2. The number of carboxylic acids is 1. The lowest BCUT2D eigenvalue weighted by molar-refractivity contribution is -0.371. The minimum absolute atomic E-state index is 0.0384. The fraction of sp³-hybridized carbons (Fsp3) is 0.917. The van der Waals surface area contributed by atoms with Crippen molar-refractivity contribution in [3.63, 3.8) is 0 Å². The van der Waals surface area contributed by atoms with E-state index in [0.29, 0.717) is 38.5 Å². The SMILES string of the molecule is CC1(C)CC[C@]2(C(=O)O[C@@H]3O[C@H](CO)[C@@H](O)[C@H](O)[C@H]3O)CC[C@]3(C)C(=CC[C@@H]4[C@@]5(C)C[C@H](O)[C@H](O[C@@H]6O[C@H](CO)[C@H](O)[C@H](O[C@@H]7O[C@H](C(=O)O)[C@@H](O)[C@H](O)[C@H]7O)[C@H]6O)C(C)(C)[C@@H]5CC[C@]43C)[C@@H]2C1. The summed E-state index contributed by atoms with van der Waals surface area (Å²) in [5.74, 6) is -2.38. The minimum Gasteiger partial charge on any atom is -0.479 e. The van der Waals surface area contributed by atoms with Gasteiger partial charge in [0.1, 0.15) is 67.1 Å². The second kappa shape index (κ2) is 18.2. The van der Waals surface area contributed by atoms with E-state index in [1.807, 2.05) is 13.8 Å². The average Bonchev–Trinajstić information content (AvgIpc) is 3.26. The zero-order valence-electron chi connectivity index (χ0n) is 40.0. The summed E-state index contributed by atoms with van der Waals surface area (Å²) in [5.41, 5.74) is -1.76. The quantitative estimate of drug-likeness (QED) is 0.0765. The molecule has 4 saturated carbocycles. The molecular formula is C48H76O20. The summed E-state index contributed by atoms with van der Waals surface area (Å²) in [4.78, 5) is 26.4. The molecule has 5 aliphatic carbocycles. The van der Waals surface area contributed by atoms with Gasteiger partial charge in [0.05, 0.1) is 30.8 Å². The van der Waals surface area contributed by atoms with Gasteiger partial charge in [-0.25, -0.2) is 4.79 Å². The monoisotopic (exact) mass is 972 g/mol. The van der Waals surface area contributed by atoms with Gasteiger partial charge in [0, 0.05) is 0 Å². The standard InChI is InChI=1S/C48H76O20/c1-43(2)12-14-48(42(62)68-39-32(57)29(54)27(52)23(18-49)63-39)15-13-46(6)20(21(48)16-43)8-9-26-45(5)17-22(51)37(44(3,4)25(45)10-11-47(26,46)7)67-41-34(59)35(28(53)24(19-50)64-41)65-40-33(58)30(55)31(56)36(66-40)38(60)61/h8,21-37,39-41,49-59H,9-19H2,1-7H3,(H,60,61)/t21-,22-,23+,24+,25-,26+,27+,28-,29-,30-,31-,32+,33+,34+,35-,36-,37-,39-,40+,41-,45-,46+,47+,48-/m0/s1. The average molecular weight is 973 g/mol. The molecule has 20 nitrogen and oxygen atoms in total. The van der Waals surface area contributed by atoms with Crippen LogP contribution in [0.15, 0.2) is 11.6 Å². The maximum absolute atomic E-state index is 14.7. The number of carbonyl (C=O) groups excluding carboxylic acids is 1. The van der Waals surface area contributed by atoms with Crippen LogP contribution in [0.3, 0.4) is 0 Å². The predicted molar refractivity (Wildman–Crippen MR) is 232 cm³/mol. The second-order valence-corrected chi connectivity index (χ2v) is 23.7. The van der Waals surface area contributed by atoms with Gasteiger partial charge < -0.3 is 89.7 Å². The molecule has 0 spiro atoms. The van der Waals surface area contributed by atoms with Crippen molar-refractivity contribution in [3.05, 3.63) is 11.6 Å². The molecule has 20 heteroatoms. The lowest BCUT2D eigenvalue weighted by Crippen LogP contribution is -2.69. The maximum Gasteiger partial charge on any atom is 0.335 e. The topological polar surface area (TPSA) is 332 Å². The number of hydrogen-bond donors (Lipinski definition) is 12. The smallest absolute Gasteiger partial charge is 0.335 e. The largest absolute Gasteiger partial charge is 0.479 e. The molecule has 24 atom stereocenters. The first-order valence-corrected chi connectivity index (χ1v) is 24.4. The Labute approximate surface area is 396 Å². The summed E-state index contributed by atoms with van der Waals surface area (Å²) in [6.07, 6.45) is -20.2. The molecule has 3 saturated heterocycles. The highest BCUT2D eigenvalue weighted by atomic mass is 16.7. The molecule has 0 aromatic carbocycles. The number of carbonyl (C=O) groups is 2. The molecule has 3 aliphatic heterocycles. The Morgan fingerprint density at radius 3 is 1.88 bits per heavy atom. The van der Waals surface area contributed by atoms with Crippen LogP contribution in [0.25, 0.3) is 0 Å². The van der Waals surface area contributed by atoms with Crippen LogP contribution in [-0.4, -0.2) is 191 Å². The van der Waals surface area contributed by atoms with Gasteiger partial charge in [-0.15, -0.1) is 0 Å². The van der Waals surface area contributed by atoms with Crippen molar-refractivity contribution in [2.24, 2.45) is 50.2 Å². The van der Waals surface area contributed by atoms with E-state index in [0.717, 1.165) is 19.3 Å². The third-order valence-corrected chi connectivity index (χ3v) is 19.2. The van der Waals surface area contributed by atoms with Crippen LogP contribution < -0.4 is 0 Å². The summed E-state index contributed by atoms with van der Waals surface area (Å²) in [6, 6.07) is 0. The van der Waals surface area contributed by atoms with Crippen molar-refractivity contribution >= 4 is 11.9 Å². The first kappa shape index (κ1) is 52.4. The number of aliphatic carboxylic acids is 1. The van der Waals surface area contributed by atoms with Crippen molar-refractivity contribution < 1.29 is 99.3 Å². The molecule has 388 valence electrons. The van der Waals surface area contributed by atoms with E-state index < -0.39 is 146 Å². The molecule has 8 aliphatic rings. The van der Waals surface area contributed by atoms with Gasteiger partial charge in [-0.1, -0.05) is 60.1 Å². The first-order chi connectivity index (χ1) is 31.6. The normalized spacial score (nSPS) is 53.1. The number of fused-ring (bicyclic) bond motifs is 7. The van der Waals surface area contributed by atoms with Gasteiger partial charge in [-0.05, 0) is 103 Å². The number of carboxylic acid groups (broad SMARTS) is 1. The van der Waals surface area contributed by atoms with Gasteiger partial charge in [-0.2, -0.15) is 0 Å². The molecule has 12 N–H and O–H groups in total. The van der Waals surface area contributed by atoms with E-state index in [2.05, 4.69) is 40.7 Å². The van der Waals surface area contributed by atoms with Crippen LogP contribution in [0.2, 0.25) is 0 Å². The second-order valence-electron chi connectivity index (χ2n) is 23.7. The van der Waals surface area contributed by atoms with Crippen molar-refractivity contribution in [2.75, 3.05) is 13.2 Å². The molecule has 0 bridgehead atoms. The van der Waals surface area contributed by atoms with Gasteiger partial charge in [-0.3, -0.25) is 4.79 Å². The molecule has 0 radical (unpaired) electrons. The Balaban J connectivity index is 1.04. The highest BCUT2D eigenvalue weighted by Crippen LogP contribution is 2.76. The molecule has 0 amide bonds. The molecule has 8 rings (SSSR count). The number of allylic oxidation sites excluding steroid dienone is 2. The lowest BCUT2D eigenvalue weighted by Gasteiger charge is -2.71. The third kappa shape index (κ3) is 8.03. The number of aliphatic hydroxyl groups is 11. The lowest BCUT2D eigenvalue weighted by atomic mass is 9.33. The summed E-state index contributed by atoms with van der Waals surface area (Å²) < 4.78 is 35.0. The Bertz CT molecular complexity index is 1910. The molecular weight excluding hydrogens is 897 g/mol. The van der Waals surface area contributed by atoms with Crippen LogP contribution >= 0.6 is 0 Å². The number of esters is 1. The van der Waals surface area contributed by atoms with Crippen molar-refractivity contribution in [1.82, 2.24) is 0 Å². The van der Waals surface area contributed by atoms with E-state index in [-0.39, 0.29) is 34.0 Å². The number of ether oxygens (including phenoxy) is 6. The molecule has 0 aromatic rings. The van der Waals surface area contributed by atoms with Crippen LogP contribution in [0, 0.1) is 50.2 Å². The predicted octanol–water partition coefficient (Wildman–Crippen LogP) is -0.796. The third-order valence-electron chi connectivity index (χ3n) is 19.2. The van der Waals surface area contributed by atoms with Gasteiger partial charge >= 0.3 is 11.9 Å². The summed E-state index contributed by atoms with van der Waals surface area (Å²) in [6.45, 7) is 13.9. The number of rotatable bonds is 9. The maximum atomic E-state index is 14.7. The van der Waals surface area contributed by atoms with Crippen molar-refractivity contribution in [2.45, 2.75) is 211 Å². The molecule has 0 aromatic heterocycles. The molecule has 0 unspecified atom stereocenters. The Morgan fingerprint density at radius 1 is 0.647 bits per heavy atom. The molecule has 7 fully saturated rings. The van der Waals surface area contributed by atoms with Crippen LogP contribution in [0.1, 0.15) is 106 Å². The highest BCUT2D eigenvalue weighted by molar-refractivity contribution is 5.79. The van der Waals surface area contributed by atoms with Crippen molar-refractivity contribution in [3.8, 4) is 0 Å². The van der Waals surface area contributed by atoms with E-state index >= 15 is 0 Å². The van der Waals surface area contributed by atoms with E-state index in [4.69, 9.17) is 28.4 Å². The van der Waals surface area contributed by atoms with E-state index in [1.165, 1.54) is 5.57 Å². The van der Waals surface area contributed by atoms with Gasteiger partial charge in [0.2, 0.25) is 6.29 Å². The zero-order chi connectivity index (χ0) is 50.0. The summed E-state index contributed by atoms with van der Waals surface area (Å²) in [7, 11) is 0. The number of hydrogen-bond acceptors (Lipinski definition) is 19. The van der Waals surface area contributed by atoms with Gasteiger partial charge in [0.25, 0.3) is 0 Å². The van der Waals surface area contributed by atoms with E-state index in [1.54, 1.807) is 0 Å². The Morgan fingerprint density at radius 2 is 1.24 bits per heavy atom. The first-order valence-electron chi connectivity index (χ1n) is 24.4. The molecule has 3 heterocycles. The highest BCUT2D eigenvalue weighted by Gasteiger charge is 2.71. The van der Waals surface area contributed by atoms with E-state index in [9.17, 15) is 70.9 Å². The van der Waals surface area contributed by atoms with Gasteiger partial charge in [0.15, 0.2) is 18.7 Å². The molecule has 68 heavy (non-hydrogen) atoms. The van der Waals surface area contributed by atoms with Crippen LogP contribution in [-0.2, 0) is 38.0 Å². The number of aliphatic hydroxyl groups excluding tert-OH is 11. The summed E-state index contributed by atoms with van der Waals surface area (Å²) in [5, 5.41) is 128. The van der Waals surface area contributed by atoms with Crippen LogP contribution in [0.5, 0.6) is 0 Å². The Hall–Kier alpha value is -1.96. The zero-order valence-corrected chi connectivity index (χ0v) is 40.0. The minimum atomic E-state index is -2.02. The fourth-order valence-electron chi connectivity index (χ4n) is 15.2. The van der Waals surface area contributed by atoms with Crippen molar-refractivity contribution in [1.29, 1.82) is 0 Å². The van der Waals surface area contributed by atoms with Crippen LogP contribution in [0.4, 0.5) is 0 Å². The summed E-state index contributed by atoms with van der Waals surface area (Å²) >= 11 is 0. The Kier molecular flexibility index (Phi) is 14.0.